The van der Waals surface area contributed by atoms with Crippen LogP contribution in [0.1, 0.15) is 0 Å². The van der Waals surface area contributed by atoms with Gasteiger partial charge in [0.25, 0.3) is 0 Å². The van der Waals surface area contributed by atoms with Gasteiger partial charge in [-0.25, -0.2) is 4.98 Å². The molecule has 1 fully saturated rings. The highest BCUT2D eigenvalue weighted by atomic mass is 15.3. The smallest absolute Gasteiger partial charge is 0.202 e. The van der Waals surface area contributed by atoms with E-state index < -0.39 is 0 Å². The normalized spacial score (nSPS) is 15.3. The lowest BCUT2D eigenvalue weighted by molar-refractivity contribution is 0.312. The molecular formula is C19H20N6. The van der Waals surface area contributed by atoms with Gasteiger partial charge in [-0.15, -0.1) is 10.2 Å². The number of anilines is 1. The Kier molecular flexibility index (Phi) is 4.35. The van der Waals surface area contributed by atoms with E-state index in [2.05, 4.69) is 32.0 Å². The van der Waals surface area contributed by atoms with Gasteiger partial charge in [0, 0.05) is 37.9 Å². The Balaban J connectivity index is 1.79. The Morgan fingerprint density at radius 3 is 2.32 bits per heavy atom. The third-order valence-corrected chi connectivity index (χ3v) is 4.41. The van der Waals surface area contributed by atoms with E-state index in [0.29, 0.717) is 5.82 Å². The van der Waals surface area contributed by atoms with Crippen LogP contribution >= 0.6 is 0 Å². The molecule has 0 amide bonds. The molecule has 0 aliphatic carbocycles. The molecular weight excluding hydrogens is 312 g/mol. The van der Waals surface area contributed by atoms with E-state index in [1.54, 1.807) is 6.20 Å². The van der Waals surface area contributed by atoms with Crippen molar-refractivity contribution in [1.82, 2.24) is 25.1 Å². The van der Waals surface area contributed by atoms with Gasteiger partial charge in [-0.2, -0.15) is 0 Å². The van der Waals surface area contributed by atoms with Crippen LogP contribution in [0.4, 0.5) is 5.82 Å². The standard InChI is InChI=1S/C19H20N6/c1-24-11-13-25(14-12-24)19-17(15-7-3-2-4-8-15)22-23-18(21-19)16-9-5-6-10-20-16/h2-10H,11-14H2,1H3. The molecule has 6 nitrogen and oxygen atoms in total. The number of rotatable bonds is 3. The quantitative estimate of drug-likeness (QED) is 0.734. The van der Waals surface area contributed by atoms with Crippen LogP contribution in [0, 0.1) is 0 Å². The third kappa shape index (κ3) is 3.34. The highest BCUT2D eigenvalue weighted by Crippen LogP contribution is 2.28. The number of benzene rings is 1. The van der Waals surface area contributed by atoms with Crippen LogP contribution in [0.5, 0.6) is 0 Å². The van der Waals surface area contributed by atoms with E-state index in [4.69, 9.17) is 4.98 Å². The van der Waals surface area contributed by atoms with Crippen molar-refractivity contribution in [2.75, 3.05) is 38.1 Å². The average molecular weight is 332 g/mol. The first kappa shape index (κ1) is 15.7. The second-order valence-corrected chi connectivity index (χ2v) is 6.18. The van der Waals surface area contributed by atoms with Crippen LogP contribution in [0.25, 0.3) is 22.8 Å². The number of piperazine rings is 1. The maximum Gasteiger partial charge on any atom is 0.202 e. The summed E-state index contributed by atoms with van der Waals surface area (Å²) in [5.74, 6) is 1.45. The highest BCUT2D eigenvalue weighted by Gasteiger charge is 2.21. The van der Waals surface area contributed by atoms with Gasteiger partial charge in [0.05, 0.1) is 0 Å². The zero-order valence-corrected chi connectivity index (χ0v) is 14.2. The van der Waals surface area contributed by atoms with E-state index in [-0.39, 0.29) is 0 Å². The molecule has 6 heteroatoms. The molecule has 126 valence electrons. The van der Waals surface area contributed by atoms with Crippen molar-refractivity contribution in [1.29, 1.82) is 0 Å². The van der Waals surface area contributed by atoms with Crippen molar-refractivity contribution >= 4 is 5.82 Å². The predicted molar refractivity (Wildman–Crippen MR) is 98.2 cm³/mol. The summed E-state index contributed by atoms with van der Waals surface area (Å²) in [4.78, 5) is 13.8. The minimum atomic E-state index is 0.564. The fourth-order valence-corrected chi connectivity index (χ4v) is 2.94. The van der Waals surface area contributed by atoms with E-state index in [9.17, 15) is 0 Å². The second kappa shape index (κ2) is 6.94. The second-order valence-electron chi connectivity index (χ2n) is 6.18. The van der Waals surface area contributed by atoms with E-state index in [0.717, 1.165) is 48.9 Å². The molecule has 1 aliphatic rings. The average Bonchev–Trinajstić information content (AvgIpc) is 2.69. The number of likely N-dealkylation sites (N-methyl/N-ethyl adjacent to an activating group) is 1. The molecule has 0 N–H and O–H groups in total. The van der Waals surface area contributed by atoms with Crippen LogP contribution in [0.15, 0.2) is 54.7 Å². The van der Waals surface area contributed by atoms with Gasteiger partial charge in [0.2, 0.25) is 5.82 Å². The Hall–Kier alpha value is -2.86. The van der Waals surface area contributed by atoms with Gasteiger partial charge in [-0.05, 0) is 19.2 Å². The monoisotopic (exact) mass is 332 g/mol. The van der Waals surface area contributed by atoms with Gasteiger partial charge in [-0.1, -0.05) is 36.4 Å². The molecule has 3 heterocycles. The number of aromatic nitrogens is 4. The van der Waals surface area contributed by atoms with Gasteiger partial charge >= 0.3 is 0 Å². The van der Waals surface area contributed by atoms with Gasteiger partial charge < -0.3 is 9.80 Å². The van der Waals surface area contributed by atoms with Crippen molar-refractivity contribution < 1.29 is 0 Å². The SMILES string of the molecule is CN1CCN(c2nc(-c3ccccn3)nnc2-c2ccccc2)CC1. The first-order valence-corrected chi connectivity index (χ1v) is 8.46. The summed E-state index contributed by atoms with van der Waals surface area (Å²) < 4.78 is 0. The third-order valence-electron chi connectivity index (χ3n) is 4.41. The Bertz CT molecular complexity index is 829. The van der Waals surface area contributed by atoms with Crippen molar-refractivity contribution in [3.63, 3.8) is 0 Å². The number of pyridine rings is 1. The van der Waals surface area contributed by atoms with Gasteiger partial charge in [0.1, 0.15) is 11.4 Å². The maximum atomic E-state index is 4.84. The van der Waals surface area contributed by atoms with E-state index >= 15 is 0 Å². The summed E-state index contributed by atoms with van der Waals surface area (Å²) in [5.41, 5.74) is 2.60. The lowest BCUT2D eigenvalue weighted by atomic mass is 10.1. The first-order chi connectivity index (χ1) is 12.3. The summed E-state index contributed by atoms with van der Waals surface area (Å²) in [6.07, 6.45) is 1.75. The lowest BCUT2D eigenvalue weighted by Gasteiger charge is -2.33. The summed E-state index contributed by atoms with van der Waals surface area (Å²) in [5, 5.41) is 8.85. The van der Waals surface area contributed by atoms with Crippen LogP contribution in [0.2, 0.25) is 0 Å². The van der Waals surface area contributed by atoms with Crippen LogP contribution < -0.4 is 4.90 Å². The topological polar surface area (TPSA) is 58.0 Å². The summed E-state index contributed by atoms with van der Waals surface area (Å²) in [6.45, 7) is 3.88. The molecule has 0 atom stereocenters. The molecule has 2 aromatic heterocycles. The molecule has 4 rings (SSSR count). The zero-order chi connectivity index (χ0) is 17.1. The van der Waals surface area contributed by atoms with Crippen molar-refractivity contribution in [3.8, 4) is 22.8 Å². The molecule has 3 aromatic rings. The largest absolute Gasteiger partial charge is 0.352 e. The molecule has 0 unspecified atom stereocenters. The van der Waals surface area contributed by atoms with Crippen molar-refractivity contribution in [2.45, 2.75) is 0 Å². The molecule has 1 aliphatic heterocycles. The number of nitrogens with zero attached hydrogens (tertiary/aromatic N) is 6. The molecule has 0 radical (unpaired) electrons. The molecule has 25 heavy (non-hydrogen) atoms. The minimum Gasteiger partial charge on any atom is -0.352 e. The molecule has 0 saturated carbocycles. The highest BCUT2D eigenvalue weighted by molar-refractivity contribution is 5.73. The minimum absolute atomic E-state index is 0.564. The van der Waals surface area contributed by atoms with Crippen molar-refractivity contribution in [3.05, 3.63) is 54.7 Å². The van der Waals surface area contributed by atoms with Crippen LogP contribution in [-0.2, 0) is 0 Å². The molecule has 0 spiro atoms. The van der Waals surface area contributed by atoms with Crippen LogP contribution in [-0.4, -0.2) is 58.3 Å². The van der Waals surface area contributed by atoms with Gasteiger partial charge in [0.15, 0.2) is 5.82 Å². The zero-order valence-electron chi connectivity index (χ0n) is 14.2. The molecule has 0 bridgehead atoms. The van der Waals surface area contributed by atoms with Gasteiger partial charge in [-0.3, -0.25) is 4.98 Å². The molecule has 1 saturated heterocycles. The van der Waals surface area contributed by atoms with Crippen LogP contribution in [0.3, 0.4) is 0 Å². The summed E-state index contributed by atoms with van der Waals surface area (Å²) in [7, 11) is 2.15. The maximum absolute atomic E-state index is 4.84. The Labute approximate surface area is 147 Å². The van der Waals surface area contributed by atoms with E-state index in [1.165, 1.54) is 0 Å². The van der Waals surface area contributed by atoms with E-state index in [1.807, 2.05) is 48.5 Å². The first-order valence-electron chi connectivity index (χ1n) is 8.46. The summed E-state index contributed by atoms with van der Waals surface area (Å²) >= 11 is 0. The lowest BCUT2D eigenvalue weighted by Crippen LogP contribution is -2.45. The predicted octanol–water partition coefficient (Wildman–Crippen LogP) is 2.35. The van der Waals surface area contributed by atoms with Crippen molar-refractivity contribution in [2.24, 2.45) is 0 Å². The number of hydrogen-bond donors (Lipinski definition) is 0. The fraction of sp³-hybridized carbons (Fsp3) is 0.263. The summed E-state index contributed by atoms with van der Waals surface area (Å²) in [6, 6.07) is 15.9. The Morgan fingerprint density at radius 2 is 1.60 bits per heavy atom. The Morgan fingerprint density at radius 1 is 0.840 bits per heavy atom. The number of hydrogen-bond acceptors (Lipinski definition) is 6. The molecule has 1 aromatic carbocycles. The fourth-order valence-electron chi connectivity index (χ4n) is 2.94.